The number of imide groups is 1. The van der Waals surface area contributed by atoms with Crippen molar-refractivity contribution >= 4 is 23.5 Å². The molecular formula is C19H15FN2O5. The number of benzene rings is 2. The Balaban J connectivity index is 1.79. The maximum Gasteiger partial charge on any atom is 0.321 e. The Morgan fingerprint density at radius 1 is 1.00 bits per heavy atom. The molecule has 0 aromatic heterocycles. The minimum absolute atomic E-state index is 0.0970. The molecule has 4 unspecified atom stereocenters. The highest BCUT2D eigenvalue weighted by Gasteiger charge is 2.61. The third-order valence-electron chi connectivity index (χ3n) is 5.10. The molecule has 7 nitrogen and oxygen atoms in total. The molecule has 2 aromatic rings. The highest BCUT2D eigenvalue weighted by Crippen LogP contribution is 2.46. The van der Waals surface area contributed by atoms with E-state index in [-0.39, 0.29) is 11.4 Å². The van der Waals surface area contributed by atoms with E-state index in [1.54, 1.807) is 18.2 Å². The van der Waals surface area contributed by atoms with Crippen LogP contribution in [0.25, 0.3) is 0 Å². The summed E-state index contributed by atoms with van der Waals surface area (Å²) in [5.74, 6) is -5.22. The summed E-state index contributed by atoms with van der Waals surface area (Å²) in [6.07, 6.45) is 0. The molecule has 2 aliphatic rings. The number of carbonyl (C=O) groups is 3. The van der Waals surface area contributed by atoms with Crippen LogP contribution in [0.4, 0.5) is 10.1 Å². The Morgan fingerprint density at radius 2 is 1.63 bits per heavy atom. The summed E-state index contributed by atoms with van der Waals surface area (Å²) in [7, 11) is 0. The van der Waals surface area contributed by atoms with E-state index >= 15 is 0 Å². The number of amides is 2. The lowest BCUT2D eigenvalue weighted by molar-refractivity contribution is -0.142. The molecule has 2 amide bonds. The molecule has 2 saturated heterocycles. The average molecular weight is 370 g/mol. The molecular weight excluding hydrogens is 355 g/mol. The number of carboxylic acids is 1. The molecule has 0 radical (unpaired) electrons. The van der Waals surface area contributed by atoms with Crippen molar-refractivity contribution in [3.8, 4) is 5.75 Å². The first kappa shape index (κ1) is 17.2. The predicted molar refractivity (Wildman–Crippen MR) is 91.3 cm³/mol. The number of para-hydroxylation sites is 1. The summed E-state index contributed by atoms with van der Waals surface area (Å²) in [5.41, 5.74) is 0.527. The number of anilines is 1. The molecule has 0 bridgehead atoms. The molecule has 8 heteroatoms. The quantitative estimate of drug-likeness (QED) is 0.706. The van der Waals surface area contributed by atoms with Gasteiger partial charge in [-0.3, -0.25) is 19.7 Å². The van der Waals surface area contributed by atoms with Gasteiger partial charge in [0.15, 0.2) is 0 Å². The lowest BCUT2D eigenvalue weighted by Crippen LogP contribution is -2.43. The third kappa shape index (κ3) is 2.57. The Morgan fingerprint density at radius 3 is 2.26 bits per heavy atom. The normalized spacial score (nSPS) is 27.1. The number of carboxylic acid groups (broad SMARTS) is 1. The second-order valence-corrected chi connectivity index (χ2v) is 6.56. The zero-order chi connectivity index (χ0) is 19.3. The zero-order valence-electron chi connectivity index (χ0n) is 13.9. The number of hydrogen-bond donors (Lipinski definition) is 3. The fourth-order valence-electron chi connectivity index (χ4n) is 3.92. The zero-order valence-corrected chi connectivity index (χ0v) is 13.9. The SMILES string of the molecule is O=C(O)C1NC(c2ccccc2O)C2C(=O)N(c3ccc(F)cc3)C(=O)C12. The summed E-state index contributed by atoms with van der Waals surface area (Å²) in [5, 5.41) is 22.5. The number of phenols is 1. The van der Waals surface area contributed by atoms with E-state index in [0.717, 1.165) is 17.0 Å². The van der Waals surface area contributed by atoms with E-state index < -0.39 is 47.5 Å². The Hall–Kier alpha value is -3.26. The van der Waals surface area contributed by atoms with Crippen LogP contribution in [0.3, 0.4) is 0 Å². The molecule has 0 spiro atoms. The van der Waals surface area contributed by atoms with Crippen molar-refractivity contribution in [1.29, 1.82) is 0 Å². The Kier molecular flexibility index (Phi) is 3.92. The van der Waals surface area contributed by atoms with Crippen LogP contribution in [0, 0.1) is 17.7 Å². The van der Waals surface area contributed by atoms with Gasteiger partial charge in [-0.2, -0.15) is 0 Å². The van der Waals surface area contributed by atoms with E-state index in [2.05, 4.69) is 5.32 Å². The highest BCUT2D eigenvalue weighted by atomic mass is 19.1. The Bertz CT molecular complexity index is 945. The minimum Gasteiger partial charge on any atom is -0.508 e. The lowest BCUT2D eigenvalue weighted by Gasteiger charge is -2.22. The number of hydrogen-bond acceptors (Lipinski definition) is 5. The van der Waals surface area contributed by atoms with Gasteiger partial charge in [-0.1, -0.05) is 18.2 Å². The molecule has 0 aliphatic carbocycles. The van der Waals surface area contributed by atoms with E-state index in [4.69, 9.17) is 0 Å². The van der Waals surface area contributed by atoms with Crippen molar-refractivity contribution in [3.05, 3.63) is 59.9 Å². The van der Waals surface area contributed by atoms with E-state index in [9.17, 15) is 29.0 Å². The van der Waals surface area contributed by atoms with Gasteiger partial charge >= 0.3 is 5.97 Å². The lowest BCUT2D eigenvalue weighted by atomic mass is 9.86. The van der Waals surface area contributed by atoms with Crippen LogP contribution in [0.2, 0.25) is 0 Å². The maximum absolute atomic E-state index is 13.2. The number of aliphatic carboxylic acids is 1. The van der Waals surface area contributed by atoms with Crippen LogP contribution in [-0.4, -0.2) is 34.0 Å². The number of halogens is 1. The Labute approximate surface area is 153 Å². The summed E-state index contributed by atoms with van der Waals surface area (Å²) in [6, 6.07) is 8.99. The van der Waals surface area contributed by atoms with Crippen molar-refractivity contribution in [2.75, 3.05) is 4.90 Å². The molecule has 2 aliphatic heterocycles. The summed E-state index contributed by atoms with van der Waals surface area (Å²) < 4.78 is 13.2. The van der Waals surface area contributed by atoms with Crippen molar-refractivity contribution in [3.63, 3.8) is 0 Å². The minimum atomic E-state index is -1.28. The monoisotopic (exact) mass is 370 g/mol. The molecule has 138 valence electrons. The first-order valence-electron chi connectivity index (χ1n) is 8.30. The molecule has 4 rings (SSSR count). The fraction of sp³-hybridized carbons (Fsp3) is 0.211. The second-order valence-electron chi connectivity index (χ2n) is 6.56. The molecule has 4 atom stereocenters. The maximum atomic E-state index is 13.2. The first-order chi connectivity index (χ1) is 12.9. The fourth-order valence-corrected chi connectivity index (χ4v) is 3.92. The van der Waals surface area contributed by atoms with Crippen LogP contribution < -0.4 is 10.2 Å². The van der Waals surface area contributed by atoms with E-state index in [0.29, 0.717) is 5.56 Å². The van der Waals surface area contributed by atoms with Crippen LogP contribution in [0.1, 0.15) is 11.6 Å². The second kappa shape index (κ2) is 6.17. The van der Waals surface area contributed by atoms with Crippen LogP contribution in [0.5, 0.6) is 5.75 Å². The summed E-state index contributed by atoms with van der Waals surface area (Å²) in [6.45, 7) is 0. The summed E-state index contributed by atoms with van der Waals surface area (Å²) in [4.78, 5) is 38.5. The van der Waals surface area contributed by atoms with Gasteiger partial charge in [0.1, 0.15) is 17.6 Å². The molecule has 27 heavy (non-hydrogen) atoms. The standard InChI is InChI=1S/C19H15FN2O5/c20-9-5-7-10(8-6-9)22-17(24)13-14(18(22)25)16(19(26)27)21-15(13)11-3-1-2-4-12(11)23/h1-8,13-16,21,23H,(H,26,27). The van der Waals surface area contributed by atoms with Gasteiger partial charge < -0.3 is 10.2 Å². The van der Waals surface area contributed by atoms with Gasteiger partial charge in [0.05, 0.1) is 17.5 Å². The van der Waals surface area contributed by atoms with Crippen molar-refractivity contribution in [2.24, 2.45) is 11.8 Å². The van der Waals surface area contributed by atoms with E-state index in [1.165, 1.54) is 18.2 Å². The summed E-state index contributed by atoms with van der Waals surface area (Å²) >= 11 is 0. The number of rotatable bonds is 3. The number of fused-ring (bicyclic) bond motifs is 1. The van der Waals surface area contributed by atoms with Gasteiger partial charge in [0, 0.05) is 11.6 Å². The van der Waals surface area contributed by atoms with Crippen molar-refractivity contribution in [2.45, 2.75) is 12.1 Å². The third-order valence-corrected chi connectivity index (χ3v) is 5.10. The van der Waals surface area contributed by atoms with Gasteiger partial charge in [0.2, 0.25) is 11.8 Å². The molecule has 2 aromatic carbocycles. The molecule has 0 saturated carbocycles. The number of aromatic hydroxyl groups is 1. The van der Waals surface area contributed by atoms with Gasteiger partial charge in [-0.15, -0.1) is 0 Å². The average Bonchev–Trinajstić information content (AvgIpc) is 3.14. The molecule has 2 fully saturated rings. The molecule has 3 N–H and O–H groups in total. The number of phenolic OH excluding ortho intramolecular Hbond substituents is 1. The van der Waals surface area contributed by atoms with Crippen LogP contribution >= 0.6 is 0 Å². The van der Waals surface area contributed by atoms with Crippen molar-refractivity contribution in [1.82, 2.24) is 5.32 Å². The predicted octanol–water partition coefficient (Wildman–Crippen LogP) is 1.43. The first-order valence-corrected chi connectivity index (χ1v) is 8.30. The largest absolute Gasteiger partial charge is 0.508 e. The number of nitrogens with zero attached hydrogens (tertiary/aromatic N) is 1. The van der Waals surface area contributed by atoms with Crippen molar-refractivity contribution < 1.29 is 29.0 Å². The highest BCUT2D eigenvalue weighted by molar-refractivity contribution is 6.23. The smallest absolute Gasteiger partial charge is 0.321 e. The van der Waals surface area contributed by atoms with Gasteiger partial charge in [-0.05, 0) is 30.3 Å². The number of nitrogens with one attached hydrogen (secondary N) is 1. The molecule has 2 heterocycles. The topological polar surface area (TPSA) is 107 Å². The van der Waals surface area contributed by atoms with Gasteiger partial charge in [-0.25, -0.2) is 9.29 Å². The number of carbonyl (C=O) groups excluding carboxylic acids is 2. The van der Waals surface area contributed by atoms with Gasteiger partial charge in [0.25, 0.3) is 0 Å². The van der Waals surface area contributed by atoms with Crippen LogP contribution in [0.15, 0.2) is 48.5 Å². The van der Waals surface area contributed by atoms with Crippen LogP contribution in [-0.2, 0) is 14.4 Å². The van der Waals surface area contributed by atoms with E-state index in [1.807, 2.05) is 0 Å².